The van der Waals surface area contributed by atoms with Crippen molar-refractivity contribution in [2.24, 2.45) is 12.2 Å². The number of nitrogens with one attached hydrogen (secondary N) is 1. The number of fused-ring (bicyclic) bond motifs is 3. The molecule has 0 bridgehead atoms. The molecular formula is C20H19BrN6O3S2. The summed E-state index contributed by atoms with van der Waals surface area (Å²) in [6.07, 6.45) is 0.537. The minimum absolute atomic E-state index is 0.0216. The second kappa shape index (κ2) is 8.77. The van der Waals surface area contributed by atoms with Gasteiger partial charge >= 0.3 is 0 Å². The van der Waals surface area contributed by atoms with Crippen molar-refractivity contribution in [2.45, 2.75) is 28.6 Å². The SMILES string of the molecule is CCC(Sc1nnc2c3cc(Br)ccc3n(C)c2n1)C(=O)Nc1ccc(S(N)(=O)=O)cc1. The molecule has 0 aliphatic rings. The van der Waals surface area contributed by atoms with E-state index in [-0.39, 0.29) is 10.8 Å². The van der Waals surface area contributed by atoms with Crippen molar-refractivity contribution >= 4 is 71.4 Å². The van der Waals surface area contributed by atoms with Crippen molar-refractivity contribution in [3.05, 3.63) is 46.9 Å². The quantitative estimate of drug-likeness (QED) is 0.362. The van der Waals surface area contributed by atoms with Gasteiger partial charge in [-0.1, -0.05) is 34.6 Å². The Bertz CT molecular complexity index is 1440. The molecule has 1 atom stereocenters. The molecule has 12 heteroatoms. The number of aromatic nitrogens is 4. The summed E-state index contributed by atoms with van der Waals surface area (Å²) < 4.78 is 25.6. The van der Waals surface area contributed by atoms with Gasteiger partial charge in [-0.2, -0.15) is 0 Å². The van der Waals surface area contributed by atoms with Gasteiger partial charge in [-0.15, -0.1) is 10.2 Å². The van der Waals surface area contributed by atoms with Crippen molar-refractivity contribution in [1.29, 1.82) is 0 Å². The summed E-state index contributed by atoms with van der Waals surface area (Å²) in [6, 6.07) is 11.6. The fraction of sp³-hybridized carbons (Fsp3) is 0.200. The Kier molecular flexibility index (Phi) is 6.21. The molecule has 1 unspecified atom stereocenters. The Morgan fingerprint density at radius 2 is 1.94 bits per heavy atom. The lowest BCUT2D eigenvalue weighted by atomic mass is 10.2. The van der Waals surface area contributed by atoms with Crippen molar-refractivity contribution in [2.75, 3.05) is 5.32 Å². The Morgan fingerprint density at radius 3 is 2.59 bits per heavy atom. The second-order valence-electron chi connectivity index (χ2n) is 7.06. The molecule has 3 N–H and O–H groups in total. The van der Waals surface area contributed by atoms with Crippen molar-refractivity contribution in [1.82, 2.24) is 19.7 Å². The van der Waals surface area contributed by atoms with E-state index in [1.165, 1.54) is 36.0 Å². The average Bonchev–Trinajstić information content (AvgIpc) is 3.02. The van der Waals surface area contributed by atoms with E-state index in [0.29, 0.717) is 28.4 Å². The molecule has 0 aliphatic carbocycles. The number of halogens is 1. The molecule has 0 fully saturated rings. The van der Waals surface area contributed by atoms with Crippen molar-refractivity contribution in [3.63, 3.8) is 0 Å². The molecule has 9 nitrogen and oxygen atoms in total. The van der Waals surface area contributed by atoms with Crippen LogP contribution in [0.3, 0.4) is 0 Å². The monoisotopic (exact) mass is 534 g/mol. The van der Waals surface area contributed by atoms with Crippen LogP contribution in [0, 0.1) is 0 Å². The molecule has 4 aromatic rings. The number of sulfonamides is 1. The van der Waals surface area contributed by atoms with E-state index < -0.39 is 15.3 Å². The molecule has 166 valence electrons. The summed E-state index contributed by atoms with van der Waals surface area (Å²) >= 11 is 4.70. The lowest BCUT2D eigenvalue weighted by Crippen LogP contribution is -2.25. The first-order chi connectivity index (χ1) is 15.2. The van der Waals surface area contributed by atoms with Crippen LogP contribution >= 0.6 is 27.7 Å². The van der Waals surface area contributed by atoms with Gasteiger partial charge in [0.05, 0.1) is 15.7 Å². The standard InChI is InChI=1S/C20H19BrN6O3S2/c1-3-16(19(28)23-12-5-7-13(8-6-12)32(22,29)30)31-20-24-18-17(25-26-20)14-10-11(21)4-9-15(14)27(18)2/h4-10,16H,3H2,1-2H3,(H,23,28)(H2,22,29,30). The van der Waals surface area contributed by atoms with Crippen LogP contribution in [0.25, 0.3) is 22.1 Å². The van der Waals surface area contributed by atoms with Gasteiger partial charge in [-0.3, -0.25) is 4.79 Å². The third-order valence-corrected chi connectivity index (χ3v) is 7.54. The van der Waals surface area contributed by atoms with E-state index in [0.717, 1.165) is 15.4 Å². The molecular weight excluding hydrogens is 516 g/mol. The molecule has 4 rings (SSSR count). The third kappa shape index (κ3) is 4.49. The predicted molar refractivity (Wildman–Crippen MR) is 128 cm³/mol. The van der Waals surface area contributed by atoms with E-state index in [1.807, 2.05) is 36.7 Å². The van der Waals surface area contributed by atoms with Crippen LogP contribution < -0.4 is 10.5 Å². The van der Waals surface area contributed by atoms with Gasteiger partial charge in [0.1, 0.15) is 5.52 Å². The number of anilines is 1. The number of aryl methyl sites for hydroxylation is 1. The third-order valence-electron chi connectivity index (χ3n) is 4.90. The van der Waals surface area contributed by atoms with Crippen LogP contribution in [0.1, 0.15) is 13.3 Å². The van der Waals surface area contributed by atoms with Crippen molar-refractivity contribution in [3.8, 4) is 0 Å². The molecule has 1 amide bonds. The van der Waals surface area contributed by atoms with Crippen LogP contribution in [0.2, 0.25) is 0 Å². The molecule has 2 aromatic heterocycles. The zero-order chi connectivity index (χ0) is 23.0. The number of hydrogen-bond acceptors (Lipinski definition) is 7. The lowest BCUT2D eigenvalue weighted by Gasteiger charge is -2.14. The molecule has 0 spiro atoms. The highest BCUT2D eigenvalue weighted by Gasteiger charge is 2.21. The minimum Gasteiger partial charge on any atom is -0.327 e. The van der Waals surface area contributed by atoms with Crippen LogP contribution in [-0.4, -0.2) is 39.3 Å². The highest BCUT2D eigenvalue weighted by atomic mass is 79.9. The molecule has 2 heterocycles. The molecule has 0 aliphatic heterocycles. The lowest BCUT2D eigenvalue weighted by molar-refractivity contribution is -0.115. The second-order valence-corrected chi connectivity index (χ2v) is 10.7. The van der Waals surface area contributed by atoms with E-state index >= 15 is 0 Å². The first kappa shape index (κ1) is 22.6. The number of carbonyl (C=O) groups is 1. The Morgan fingerprint density at radius 1 is 1.22 bits per heavy atom. The highest BCUT2D eigenvalue weighted by molar-refractivity contribution is 9.10. The predicted octanol–water partition coefficient (Wildman–Crippen LogP) is 3.44. The maximum absolute atomic E-state index is 12.8. The summed E-state index contributed by atoms with van der Waals surface area (Å²) in [4.78, 5) is 17.4. The van der Waals surface area contributed by atoms with E-state index in [2.05, 4.69) is 36.4 Å². The number of carbonyl (C=O) groups excluding carboxylic acids is 1. The van der Waals surface area contributed by atoms with Gasteiger partial charge in [0.2, 0.25) is 21.1 Å². The van der Waals surface area contributed by atoms with Crippen LogP contribution in [-0.2, 0) is 21.9 Å². The normalized spacial score (nSPS) is 12.9. The number of nitrogens with zero attached hydrogens (tertiary/aromatic N) is 4. The summed E-state index contributed by atoms with van der Waals surface area (Å²) in [6.45, 7) is 1.89. The zero-order valence-corrected chi connectivity index (χ0v) is 20.3. The van der Waals surface area contributed by atoms with E-state index in [4.69, 9.17) is 5.14 Å². The van der Waals surface area contributed by atoms with Gasteiger partial charge in [0, 0.05) is 22.6 Å². The van der Waals surface area contributed by atoms with Crippen molar-refractivity contribution < 1.29 is 13.2 Å². The number of amides is 1. The molecule has 0 radical (unpaired) electrons. The van der Waals surface area contributed by atoms with E-state index in [9.17, 15) is 13.2 Å². The number of thioether (sulfide) groups is 1. The van der Waals surface area contributed by atoms with Gasteiger partial charge in [0.15, 0.2) is 5.65 Å². The molecule has 0 saturated heterocycles. The van der Waals surface area contributed by atoms with Gasteiger partial charge in [-0.05, 0) is 48.9 Å². The van der Waals surface area contributed by atoms with E-state index in [1.54, 1.807) is 0 Å². The first-order valence-electron chi connectivity index (χ1n) is 9.56. The fourth-order valence-corrected chi connectivity index (χ4v) is 4.96. The summed E-state index contributed by atoms with van der Waals surface area (Å²) in [5, 5.41) is 17.4. The number of hydrogen-bond donors (Lipinski definition) is 2. The first-order valence-corrected chi connectivity index (χ1v) is 12.8. The summed E-state index contributed by atoms with van der Waals surface area (Å²) in [7, 11) is -1.87. The van der Waals surface area contributed by atoms with Crippen LogP contribution in [0.5, 0.6) is 0 Å². The highest BCUT2D eigenvalue weighted by Crippen LogP contribution is 2.30. The van der Waals surface area contributed by atoms with Gasteiger partial charge < -0.3 is 9.88 Å². The minimum atomic E-state index is -3.79. The summed E-state index contributed by atoms with van der Waals surface area (Å²) in [5.41, 5.74) is 2.83. The van der Waals surface area contributed by atoms with Gasteiger partial charge in [0.25, 0.3) is 0 Å². The van der Waals surface area contributed by atoms with Gasteiger partial charge in [-0.25, -0.2) is 18.5 Å². The number of nitrogens with two attached hydrogens (primary N) is 1. The van der Waals surface area contributed by atoms with Crippen LogP contribution in [0.15, 0.2) is 57.0 Å². The maximum Gasteiger partial charge on any atom is 0.238 e. The summed E-state index contributed by atoms with van der Waals surface area (Å²) in [5.74, 6) is -0.245. The average molecular weight is 535 g/mol. The maximum atomic E-state index is 12.8. The fourth-order valence-electron chi connectivity index (χ4n) is 3.27. The number of rotatable bonds is 6. The smallest absolute Gasteiger partial charge is 0.238 e. The Hall–Kier alpha value is -2.54. The topological polar surface area (TPSA) is 133 Å². The molecule has 2 aromatic carbocycles. The van der Waals surface area contributed by atoms with Crippen LogP contribution in [0.4, 0.5) is 5.69 Å². The zero-order valence-electron chi connectivity index (χ0n) is 17.1. The Labute approximate surface area is 197 Å². The number of benzene rings is 2. The largest absolute Gasteiger partial charge is 0.327 e. The number of primary sulfonamides is 1. The Balaban J connectivity index is 1.55. The molecule has 0 saturated carbocycles. The molecule has 32 heavy (non-hydrogen) atoms.